The number of hydrogen-bond acceptors (Lipinski definition) is 2. The molecule has 2 aromatic carbocycles. The number of amides is 1. The van der Waals surface area contributed by atoms with Crippen LogP contribution in [0.3, 0.4) is 0 Å². The van der Waals surface area contributed by atoms with E-state index in [1.165, 1.54) is 35.0 Å². The molecule has 0 aliphatic rings. The smallest absolute Gasteiger partial charge is 0.230 e. The molecule has 0 aliphatic carbocycles. The molecule has 2 aromatic rings. The van der Waals surface area contributed by atoms with Gasteiger partial charge in [-0.05, 0) is 55.7 Å². The molecule has 2 rings (SSSR count). The van der Waals surface area contributed by atoms with Gasteiger partial charge in [-0.15, -0.1) is 11.8 Å². The lowest BCUT2D eigenvalue weighted by molar-refractivity contribution is -0.119. The van der Waals surface area contributed by atoms with E-state index in [1.807, 2.05) is 13.0 Å². The Morgan fingerprint density at radius 1 is 1.22 bits per heavy atom. The summed E-state index contributed by atoms with van der Waals surface area (Å²) in [6.07, 6.45) is 0. The van der Waals surface area contributed by atoms with Gasteiger partial charge in [0.2, 0.25) is 5.91 Å². The van der Waals surface area contributed by atoms with Gasteiger partial charge in [0.05, 0.1) is 16.8 Å². The average molecular weight is 352 g/mol. The first kappa shape index (κ1) is 17.8. The zero-order valence-corrected chi connectivity index (χ0v) is 14.9. The van der Waals surface area contributed by atoms with Gasteiger partial charge in [-0.3, -0.25) is 4.79 Å². The third-order valence-electron chi connectivity index (χ3n) is 3.67. The summed E-state index contributed by atoms with van der Waals surface area (Å²) < 4.78 is 13.1. The summed E-state index contributed by atoms with van der Waals surface area (Å²) in [6.45, 7) is 6.08. The van der Waals surface area contributed by atoms with Gasteiger partial charge >= 0.3 is 0 Å². The molecule has 2 nitrogen and oxygen atoms in total. The predicted molar refractivity (Wildman–Crippen MR) is 94.6 cm³/mol. The van der Waals surface area contributed by atoms with Gasteiger partial charge < -0.3 is 5.32 Å². The maximum Gasteiger partial charge on any atom is 0.230 e. The number of thioether (sulfide) groups is 1. The van der Waals surface area contributed by atoms with E-state index in [4.69, 9.17) is 11.6 Å². The van der Waals surface area contributed by atoms with E-state index in [-0.39, 0.29) is 22.7 Å². The van der Waals surface area contributed by atoms with Gasteiger partial charge in [0.15, 0.2) is 0 Å². The van der Waals surface area contributed by atoms with Crippen LogP contribution in [0.1, 0.15) is 29.7 Å². The van der Waals surface area contributed by atoms with Crippen LogP contribution in [-0.2, 0) is 4.79 Å². The summed E-state index contributed by atoms with van der Waals surface area (Å²) in [5.74, 6) is -0.262. The van der Waals surface area contributed by atoms with Crippen molar-refractivity contribution in [2.45, 2.75) is 31.7 Å². The Labute approximate surface area is 145 Å². The molecule has 5 heteroatoms. The number of rotatable bonds is 5. The van der Waals surface area contributed by atoms with E-state index < -0.39 is 5.82 Å². The van der Waals surface area contributed by atoms with Crippen molar-refractivity contribution in [1.82, 2.24) is 5.32 Å². The minimum absolute atomic E-state index is 0.0563. The number of carbonyl (C=O) groups excluding carboxylic acids is 1. The Kier molecular flexibility index (Phi) is 6.08. The molecule has 1 N–H and O–H groups in total. The summed E-state index contributed by atoms with van der Waals surface area (Å²) in [6, 6.07) is 10.6. The summed E-state index contributed by atoms with van der Waals surface area (Å²) in [4.78, 5) is 12.8. The van der Waals surface area contributed by atoms with E-state index in [0.29, 0.717) is 0 Å². The van der Waals surface area contributed by atoms with E-state index in [9.17, 15) is 9.18 Å². The number of carbonyl (C=O) groups is 1. The highest BCUT2D eigenvalue weighted by atomic mass is 35.5. The molecule has 23 heavy (non-hydrogen) atoms. The topological polar surface area (TPSA) is 29.1 Å². The number of hydrogen-bond donors (Lipinski definition) is 1. The van der Waals surface area contributed by atoms with Gasteiger partial charge in [0.25, 0.3) is 0 Å². The van der Waals surface area contributed by atoms with Crippen molar-refractivity contribution in [3.05, 3.63) is 63.9 Å². The van der Waals surface area contributed by atoms with Crippen molar-refractivity contribution in [2.24, 2.45) is 0 Å². The molecule has 0 radical (unpaired) electrons. The van der Waals surface area contributed by atoms with Crippen LogP contribution >= 0.6 is 23.4 Å². The van der Waals surface area contributed by atoms with Crippen LogP contribution in [0.25, 0.3) is 0 Å². The highest BCUT2D eigenvalue weighted by Crippen LogP contribution is 2.24. The third kappa shape index (κ3) is 4.98. The molecule has 0 heterocycles. The lowest BCUT2D eigenvalue weighted by Gasteiger charge is -2.15. The molecule has 0 saturated carbocycles. The quantitative estimate of drug-likeness (QED) is 0.762. The Morgan fingerprint density at radius 2 is 1.96 bits per heavy atom. The molecule has 0 aliphatic heterocycles. The molecule has 0 fully saturated rings. The van der Waals surface area contributed by atoms with Crippen LogP contribution in [0, 0.1) is 19.7 Å². The van der Waals surface area contributed by atoms with Crippen molar-refractivity contribution in [1.29, 1.82) is 0 Å². The van der Waals surface area contributed by atoms with Crippen LogP contribution in [0.5, 0.6) is 0 Å². The van der Waals surface area contributed by atoms with Gasteiger partial charge in [-0.1, -0.05) is 29.8 Å². The molecular formula is C18H19ClFNOS. The lowest BCUT2D eigenvalue weighted by atomic mass is 10.0. The normalized spacial score (nSPS) is 12.0. The molecule has 0 unspecified atom stereocenters. The molecule has 1 atom stereocenters. The summed E-state index contributed by atoms with van der Waals surface area (Å²) in [5, 5.41) is 3.04. The van der Waals surface area contributed by atoms with Crippen molar-refractivity contribution >= 4 is 29.3 Å². The summed E-state index contributed by atoms with van der Waals surface area (Å²) >= 11 is 7.06. The third-order valence-corrected chi connectivity index (χ3v) is 4.95. The molecular weight excluding hydrogens is 333 g/mol. The number of nitrogens with one attached hydrogen (secondary N) is 1. The van der Waals surface area contributed by atoms with Crippen LogP contribution in [0.15, 0.2) is 41.3 Å². The largest absolute Gasteiger partial charge is 0.349 e. The first-order valence-corrected chi connectivity index (χ1v) is 8.67. The molecule has 0 saturated heterocycles. The van der Waals surface area contributed by atoms with E-state index in [1.54, 1.807) is 6.07 Å². The molecule has 1 amide bonds. The Balaban J connectivity index is 1.90. The van der Waals surface area contributed by atoms with Crippen LogP contribution in [0.2, 0.25) is 5.02 Å². The lowest BCUT2D eigenvalue weighted by Crippen LogP contribution is -2.28. The van der Waals surface area contributed by atoms with Crippen molar-refractivity contribution in [3.8, 4) is 0 Å². The van der Waals surface area contributed by atoms with E-state index in [2.05, 4.69) is 31.3 Å². The fraction of sp³-hybridized carbons (Fsp3) is 0.278. The molecule has 0 bridgehead atoms. The van der Waals surface area contributed by atoms with Crippen molar-refractivity contribution < 1.29 is 9.18 Å². The highest BCUT2D eigenvalue weighted by Gasteiger charge is 2.11. The fourth-order valence-electron chi connectivity index (χ4n) is 2.12. The maximum atomic E-state index is 13.1. The highest BCUT2D eigenvalue weighted by molar-refractivity contribution is 8.00. The Hall–Kier alpha value is -1.52. The number of aryl methyl sites for hydroxylation is 2. The van der Waals surface area contributed by atoms with E-state index >= 15 is 0 Å². The van der Waals surface area contributed by atoms with Crippen LogP contribution in [0.4, 0.5) is 4.39 Å². The minimum atomic E-state index is -0.455. The second-order valence-electron chi connectivity index (χ2n) is 5.50. The second-order valence-corrected chi connectivity index (χ2v) is 6.95. The van der Waals surface area contributed by atoms with Gasteiger partial charge in [-0.25, -0.2) is 4.39 Å². The Bertz CT molecular complexity index is 720. The second kappa shape index (κ2) is 7.84. The number of halogens is 2. The first-order chi connectivity index (χ1) is 10.9. The van der Waals surface area contributed by atoms with Gasteiger partial charge in [-0.2, -0.15) is 0 Å². The van der Waals surface area contributed by atoms with Crippen LogP contribution < -0.4 is 5.32 Å². The first-order valence-electron chi connectivity index (χ1n) is 7.31. The van der Waals surface area contributed by atoms with E-state index in [0.717, 1.165) is 10.5 Å². The molecule has 0 aromatic heterocycles. The van der Waals surface area contributed by atoms with Gasteiger partial charge in [0.1, 0.15) is 5.82 Å². The monoisotopic (exact) mass is 351 g/mol. The standard InChI is InChI=1S/C18H19ClFNOS/c1-11-4-5-14(8-12(11)2)13(3)21-18(22)10-23-15-6-7-17(20)16(19)9-15/h4-9,13H,10H2,1-3H3,(H,21,22)/t13-/m1/s1. The number of benzene rings is 2. The summed E-state index contributed by atoms with van der Waals surface area (Å²) in [7, 11) is 0. The predicted octanol–water partition coefficient (Wildman–Crippen LogP) is 5.07. The van der Waals surface area contributed by atoms with Crippen LogP contribution in [-0.4, -0.2) is 11.7 Å². The SMILES string of the molecule is Cc1ccc([C@@H](C)NC(=O)CSc2ccc(F)c(Cl)c2)cc1C. The maximum absolute atomic E-state index is 13.1. The van der Waals surface area contributed by atoms with Crippen molar-refractivity contribution in [2.75, 3.05) is 5.75 Å². The Morgan fingerprint density at radius 3 is 2.61 bits per heavy atom. The zero-order valence-electron chi connectivity index (χ0n) is 13.3. The fourth-order valence-corrected chi connectivity index (χ4v) is 3.11. The molecule has 0 spiro atoms. The van der Waals surface area contributed by atoms with Gasteiger partial charge in [0, 0.05) is 4.90 Å². The minimum Gasteiger partial charge on any atom is -0.349 e. The molecule has 122 valence electrons. The van der Waals surface area contributed by atoms with Crippen molar-refractivity contribution in [3.63, 3.8) is 0 Å². The average Bonchev–Trinajstić information content (AvgIpc) is 2.51. The zero-order chi connectivity index (χ0) is 17.0. The summed E-state index contributed by atoms with van der Waals surface area (Å²) in [5.41, 5.74) is 3.52.